The zero-order valence-electron chi connectivity index (χ0n) is 21.5. The number of nitrogens with two attached hydrogens (primary N) is 1. The Balaban J connectivity index is 1.62. The predicted octanol–water partition coefficient (Wildman–Crippen LogP) is 6.08. The molecule has 5 rings (SSSR count). The number of amides is 1. The largest absolute Gasteiger partial charge is 0.497 e. The lowest BCUT2D eigenvalue weighted by molar-refractivity contribution is -0.118. The first-order chi connectivity index (χ1) is 19.0. The summed E-state index contributed by atoms with van der Waals surface area (Å²) in [4.78, 5) is 16.0. The van der Waals surface area contributed by atoms with E-state index in [2.05, 4.69) is 11.1 Å². The van der Waals surface area contributed by atoms with Crippen molar-refractivity contribution in [2.45, 2.75) is 13.0 Å². The van der Waals surface area contributed by atoms with Crippen LogP contribution >= 0.6 is 0 Å². The third kappa shape index (κ3) is 5.11. The molecule has 39 heavy (non-hydrogen) atoms. The maximum Gasteiger partial charge on any atom is 0.238 e. The van der Waals surface area contributed by atoms with Crippen LogP contribution in [-0.4, -0.2) is 30.9 Å². The molecule has 5 aromatic rings. The number of aryl methyl sites for hydroxylation is 1. The number of primary amides is 1. The molecule has 2 heterocycles. The third-order valence-electron chi connectivity index (χ3n) is 6.47. The van der Waals surface area contributed by atoms with E-state index in [-0.39, 0.29) is 18.2 Å². The molecule has 0 aliphatic rings. The summed E-state index contributed by atoms with van der Waals surface area (Å²) in [6, 6.07) is 25.0. The number of benzene rings is 3. The second-order valence-electron chi connectivity index (χ2n) is 8.82. The van der Waals surface area contributed by atoms with Crippen molar-refractivity contribution in [1.29, 1.82) is 5.26 Å². The highest BCUT2D eigenvalue weighted by Crippen LogP contribution is 2.43. The average Bonchev–Trinajstić information content (AvgIpc) is 3.53. The molecular formula is C31H26N4O4. The summed E-state index contributed by atoms with van der Waals surface area (Å²) in [6.07, 6.45) is 3.82. The molecule has 0 saturated carbocycles. The first kappa shape index (κ1) is 25.4. The summed E-state index contributed by atoms with van der Waals surface area (Å²) in [5.74, 6) is 1.77. The summed E-state index contributed by atoms with van der Waals surface area (Å²) in [5.41, 5.74) is 9.69. The highest BCUT2D eigenvalue weighted by atomic mass is 16.5. The van der Waals surface area contributed by atoms with Crippen LogP contribution in [0.15, 0.2) is 88.4 Å². The third-order valence-corrected chi connectivity index (χ3v) is 6.47. The number of nitriles is 1. The van der Waals surface area contributed by atoms with Gasteiger partial charge in [-0.3, -0.25) is 4.79 Å². The standard InChI is InChI=1S/C31H26N4O4/c1-37-23-11-7-20(8-12-23)29-26(17-32)31(39-30(29)21-9-13-24(38-2)14-10-21)34-18-22-19-35(16-15-28(33)36)27-6-4-3-5-25(22)27/h3-14,18-19H,15-16H2,1-2H3,(H2,33,36). The summed E-state index contributed by atoms with van der Waals surface area (Å²) < 4.78 is 18.9. The highest BCUT2D eigenvalue weighted by molar-refractivity contribution is 6.00. The average molecular weight is 519 g/mol. The second kappa shape index (κ2) is 11.0. The van der Waals surface area contributed by atoms with Gasteiger partial charge in [-0.15, -0.1) is 0 Å². The lowest BCUT2D eigenvalue weighted by Gasteiger charge is -2.06. The Morgan fingerprint density at radius 2 is 1.64 bits per heavy atom. The Labute approximate surface area is 225 Å². The van der Waals surface area contributed by atoms with Crippen LogP contribution in [0.4, 0.5) is 5.88 Å². The molecule has 0 radical (unpaired) electrons. The quantitative estimate of drug-likeness (QED) is 0.237. The van der Waals surface area contributed by atoms with Crippen molar-refractivity contribution in [3.8, 4) is 40.0 Å². The summed E-state index contributed by atoms with van der Waals surface area (Å²) >= 11 is 0. The van der Waals surface area contributed by atoms with Gasteiger partial charge in [0.15, 0.2) is 0 Å². The fourth-order valence-corrected chi connectivity index (χ4v) is 4.51. The van der Waals surface area contributed by atoms with Gasteiger partial charge in [0, 0.05) is 53.0 Å². The van der Waals surface area contributed by atoms with E-state index in [1.165, 1.54) is 0 Å². The van der Waals surface area contributed by atoms with Crippen LogP contribution in [0.25, 0.3) is 33.4 Å². The van der Waals surface area contributed by atoms with Gasteiger partial charge in [-0.05, 0) is 48.0 Å². The van der Waals surface area contributed by atoms with E-state index in [4.69, 9.17) is 19.6 Å². The number of para-hydroxylation sites is 1. The van der Waals surface area contributed by atoms with E-state index in [9.17, 15) is 10.1 Å². The molecule has 0 atom stereocenters. The number of carbonyl (C=O) groups is 1. The Kier molecular flexibility index (Phi) is 7.15. The molecule has 2 N–H and O–H groups in total. The number of hydrogen-bond acceptors (Lipinski definition) is 6. The van der Waals surface area contributed by atoms with Gasteiger partial charge < -0.3 is 24.2 Å². The zero-order valence-corrected chi connectivity index (χ0v) is 21.5. The number of ether oxygens (including phenoxy) is 2. The molecular weight excluding hydrogens is 492 g/mol. The van der Waals surface area contributed by atoms with Gasteiger partial charge in [-0.2, -0.15) is 5.26 Å². The van der Waals surface area contributed by atoms with Gasteiger partial charge in [0.2, 0.25) is 11.8 Å². The number of aromatic nitrogens is 1. The number of nitrogens with zero attached hydrogens (tertiary/aromatic N) is 3. The fraction of sp³-hybridized carbons (Fsp3) is 0.129. The van der Waals surface area contributed by atoms with Crippen molar-refractivity contribution in [3.05, 3.63) is 90.1 Å². The first-order valence-corrected chi connectivity index (χ1v) is 12.3. The van der Waals surface area contributed by atoms with Gasteiger partial charge in [0.1, 0.15) is 28.9 Å². The maximum atomic E-state index is 11.4. The minimum absolute atomic E-state index is 0.197. The van der Waals surface area contributed by atoms with Crippen molar-refractivity contribution in [2.24, 2.45) is 10.7 Å². The van der Waals surface area contributed by atoms with E-state index >= 15 is 0 Å². The fourth-order valence-electron chi connectivity index (χ4n) is 4.51. The Morgan fingerprint density at radius 3 is 2.26 bits per heavy atom. The molecule has 0 spiro atoms. The maximum absolute atomic E-state index is 11.4. The number of methoxy groups -OCH3 is 2. The molecule has 194 valence electrons. The normalized spacial score (nSPS) is 11.1. The van der Waals surface area contributed by atoms with Crippen LogP contribution in [0.2, 0.25) is 0 Å². The van der Waals surface area contributed by atoms with Crippen molar-refractivity contribution in [2.75, 3.05) is 14.2 Å². The number of furan rings is 1. The molecule has 8 nitrogen and oxygen atoms in total. The Morgan fingerprint density at radius 1 is 1.00 bits per heavy atom. The van der Waals surface area contributed by atoms with Crippen molar-refractivity contribution >= 4 is 28.9 Å². The first-order valence-electron chi connectivity index (χ1n) is 12.3. The molecule has 1 amide bonds. The van der Waals surface area contributed by atoms with Gasteiger partial charge in [0.05, 0.1) is 14.2 Å². The second-order valence-corrected chi connectivity index (χ2v) is 8.82. The van der Waals surface area contributed by atoms with E-state index in [0.29, 0.717) is 34.9 Å². The predicted molar refractivity (Wildman–Crippen MR) is 150 cm³/mol. The van der Waals surface area contributed by atoms with Gasteiger partial charge in [-0.1, -0.05) is 30.3 Å². The molecule has 0 fully saturated rings. The highest BCUT2D eigenvalue weighted by Gasteiger charge is 2.23. The lowest BCUT2D eigenvalue weighted by atomic mass is 9.98. The van der Waals surface area contributed by atoms with Gasteiger partial charge in [-0.25, -0.2) is 4.99 Å². The molecule has 3 aromatic carbocycles. The summed E-state index contributed by atoms with van der Waals surface area (Å²) in [5, 5.41) is 11.2. The molecule has 0 saturated heterocycles. The topological polar surface area (TPSA) is 116 Å². The zero-order chi connectivity index (χ0) is 27.4. The van der Waals surface area contributed by atoms with Crippen LogP contribution in [-0.2, 0) is 11.3 Å². The van der Waals surface area contributed by atoms with Crippen LogP contribution in [0.3, 0.4) is 0 Å². The van der Waals surface area contributed by atoms with Crippen LogP contribution in [0.5, 0.6) is 11.5 Å². The van der Waals surface area contributed by atoms with Gasteiger partial charge in [0.25, 0.3) is 0 Å². The number of aliphatic imine (C=N–C) groups is 1. The minimum Gasteiger partial charge on any atom is -0.497 e. The molecule has 0 unspecified atom stereocenters. The Bertz CT molecular complexity index is 1700. The number of fused-ring (bicyclic) bond motifs is 1. The van der Waals surface area contributed by atoms with E-state index < -0.39 is 0 Å². The minimum atomic E-state index is -0.366. The number of hydrogen-bond donors (Lipinski definition) is 1. The van der Waals surface area contributed by atoms with E-state index in [1.54, 1.807) is 20.4 Å². The number of rotatable bonds is 9. The van der Waals surface area contributed by atoms with E-state index in [1.807, 2.05) is 83.6 Å². The summed E-state index contributed by atoms with van der Waals surface area (Å²) in [6.45, 7) is 0.455. The van der Waals surface area contributed by atoms with Crippen LogP contribution in [0.1, 0.15) is 17.5 Å². The molecule has 0 aliphatic heterocycles. The monoisotopic (exact) mass is 518 g/mol. The Hall–Kier alpha value is -5.29. The lowest BCUT2D eigenvalue weighted by Crippen LogP contribution is -2.13. The SMILES string of the molecule is COc1ccc(-c2oc(N=Cc3cn(CCC(N)=O)c4ccccc34)c(C#N)c2-c2ccc(OC)cc2)cc1. The van der Waals surface area contributed by atoms with E-state index in [0.717, 1.165) is 27.6 Å². The van der Waals surface area contributed by atoms with Crippen molar-refractivity contribution in [3.63, 3.8) is 0 Å². The van der Waals surface area contributed by atoms with Crippen molar-refractivity contribution in [1.82, 2.24) is 4.57 Å². The summed E-state index contributed by atoms with van der Waals surface area (Å²) in [7, 11) is 3.21. The van der Waals surface area contributed by atoms with Gasteiger partial charge >= 0.3 is 0 Å². The molecule has 0 bridgehead atoms. The van der Waals surface area contributed by atoms with Crippen LogP contribution < -0.4 is 15.2 Å². The molecule has 2 aromatic heterocycles. The van der Waals surface area contributed by atoms with Crippen molar-refractivity contribution < 1.29 is 18.7 Å². The molecule has 0 aliphatic carbocycles. The number of carbonyl (C=O) groups excluding carboxylic acids is 1. The van der Waals surface area contributed by atoms with Crippen LogP contribution in [0, 0.1) is 11.3 Å². The molecule has 8 heteroatoms. The smallest absolute Gasteiger partial charge is 0.238 e.